The predicted octanol–water partition coefficient (Wildman–Crippen LogP) is 5.61. The molecule has 0 heterocycles. The Kier molecular flexibility index (Phi) is 7.54. The van der Waals surface area contributed by atoms with Gasteiger partial charge in [0.15, 0.2) is 5.78 Å². The third-order valence-corrected chi connectivity index (χ3v) is 4.70. The number of aliphatic hydroxyl groups is 1. The van der Waals surface area contributed by atoms with Crippen LogP contribution in [0.5, 0.6) is 0 Å². The lowest BCUT2D eigenvalue weighted by molar-refractivity contribution is -0.113. The van der Waals surface area contributed by atoms with E-state index in [2.05, 4.69) is 6.92 Å². The highest BCUT2D eigenvalue weighted by atomic mass is 16.3. The molecule has 2 heteroatoms. The summed E-state index contributed by atoms with van der Waals surface area (Å²) in [5.74, 6) is 0.178. The zero-order valence-corrected chi connectivity index (χ0v) is 14.4. The van der Waals surface area contributed by atoms with E-state index in [4.69, 9.17) is 0 Å². The lowest BCUT2D eigenvalue weighted by Crippen LogP contribution is -2.00. The molecular weight excluding hydrogens is 284 g/mol. The minimum atomic E-state index is -0.617. The van der Waals surface area contributed by atoms with Crippen LogP contribution in [0.1, 0.15) is 88.4 Å². The van der Waals surface area contributed by atoms with Crippen molar-refractivity contribution in [2.45, 2.75) is 77.2 Å². The molecule has 0 bridgehead atoms. The van der Waals surface area contributed by atoms with Crippen molar-refractivity contribution >= 4 is 11.4 Å². The third-order valence-electron chi connectivity index (χ3n) is 4.70. The number of carbonyl (C=O) groups excluding carboxylic acids is 1. The van der Waals surface area contributed by atoms with Crippen molar-refractivity contribution in [3.63, 3.8) is 0 Å². The molecule has 1 aliphatic rings. The summed E-state index contributed by atoms with van der Waals surface area (Å²) in [6.07, 6.45) is 13.0. The van der Waals surface area contributed by atoms with Crippen molar-refractivity contribution in [1.29, 1.82) is 0 Å². The molecule has 1 unspecified atom stereocenters. The number of unbranched alkanes of at least 4 members (excludes halogenated alkanes) is 8. The quantitative estimate of drug-likeness (QED) is 0.539. The molecule has 126 valence electrons. The molecular formula is C21H30O2. The molecule has 0 aliphatic heterocycles. The van der Waals surface area contributed by atoms with Gasteiger partial charge in [-0.15, -0.1) is 0 Å². The van der Waals surface area contributed by atoms with E-state index in [9.17, 15) is 9.90 Å². The van der Waals surface area contributed by atoms with Gasteiger partial charge in [0, 0.05) is 12.0 Å². The van der Waals surface area contributed by atoms with Crippen LogP contribution < -0.4 is 0 Å². The molecule has 0 saturated heterocycles. The Morgan fingerprint density at radius 1 is 0.957 bits per heavy atom. The molecule has 1 aromatic carbocycles. The second-order valence-electron chi connectivity index (χ2n) is 6.61. The summed E-state index contributed by atoms with van der Waals surface area (Å²) in [5.41, 5.74) is 2.50. The number of hydrogen-bond acceptors (Lipinski definition) is 2. The van der Waals surface area contributed by atoms with Gasteiger partial charge in [0.25, 0.3) is 0 Å². The van der Waals surface area contributed by atoms with Gasteiger partial charge in [-0.2, -0.15) is 0 Å². The molecule has 1 atom stereocenters. The maximum absolute atomic E-state index is 12.4. The van der Waals surface area contributed by atoms with Crippen LogP contribution in [0.3, 0.4) is 0 Å². The normalized spacial score (nSPS) is 16.3. The molecule has 2 rings (SSSR count). The van der Waals surface area contributed by atoms with Gasteiger partial charge < -0.3 is 5.11 Å². The summed E-state index contributed by atoms with van der Waals surface area (Å²) >= 11 is 0. The number of Topliss-reactive ketones (excluding diaryl/α,β-unsaturated/α-hetero) is 1. The van der Waals surface area contributed by atoms with E-state index >= 15 is 0 Å². The monoisotopic (exact) mass is 314 g/mol. The largest absolute Gasteiger partial charge is 0.384 e. The molecule has 0 amide bonds. The molecule has 0 fully saturated rings. The van der Waals surface area contributed by atoms with Gasteiger partial charge >= 0.3 is 0 Å². The topological polar surface area (TPSA) is 37.3 Å². The standard InChI is InChI=1S/C21H30O2/c1-2-3-4-5-6-7-8-9-10-15-20(22)19-16-21(23)18-14-12-11-13-17(18)19/h11-14,16,21,23H,2-10,15H2,1H3. The number of hydrogen-bond donors (Lipinski definition) is 1. The summed E-state index contributed by atoms with van der Waals surface area (Å²) in [6, 6.07) is 7.67. The Balaban J connectivity index is 1.64. The molecule has 0 aromatic heterocycles. The molecule has 1 aromatic rings. The highest BCUT2D eigenvalue weighted by Crippen LogP contribution is 2.35. The fraction of sp³-hybridized carbons (Fsp3) is 0.571. The number of ketones is 1. The first-order valence-electron chi connectivity index (χ1n) is 9.26. The van der Waals surface area contributed by atoms with Crippen molar-refractivity contribution in [3.8, 4) is 0 Å². The number of carbonyl (C=O) groups is 1. The highest BCUT2D eigenvalue weighted by molar-refractivity contribution is 6.22. The van der Waals surface area contributed by atoms with Gasteiger partial charge in [-0.25, -0.2) is 0 Å². The Morgan fingerprint density at radius 2 is 1.57 bits per heavy atom. The molecule has 0 spiro atoms. The van der Waals surface area contributed by atoms with E-state index in [1.807, 2.05) is 24.3 Å². The summed E-state index contributed by atoms with van der Waals surface area (Å²) in [5, 5.41) is 10.0. The summed E-state index contributed by atoms with van der Waals surface area (Å²) in [4.78, 5) is 12.4. The van der Waals surface area contributed by atoms with Gasteiger partial charge in [-0.1, -0.05) is 82.6 Å². The third kappa shape index (κ3) is 5.31. The van der Waals surface area contributed by atoms with Gasteiger partial charge in [0.2, 0.25) is 0 Å². The molecule has 1 N–H and O–H groups in total. The highest BCUT2D eigenvalue weighted by Gasteiger charge is 2.24. The summed E-state index contributed by atoms with van der Waals surface area (Å²) in [7, 11) is 0. The maximum Gasteiger partial charge on any atom is 0.163 e. The van der Waals surface area contributed by atoms with Crippen molar-refractivity contribution in [2.75, 3.05) is 0 Å². The number of allylic oxidation sites excluding steroid dienone is 1. The number of fused-ring (bicyclic) bond motifs is 1. The molecule has 0 saturated carbocycles. The zero-order valence-electron chi connectivity index (χ0n) is 14.4. The van der Waals surface area contributed by atoms with Crippen molar-refractivity contribution < 1.29 is 9.90 Å². The van der Waals surface area contributed by atoms with Crippen LogP contribution in [0, 0.1) is 0 Å². The van der Waals surface area contributed by atoms with E-state index in [0.29, 0.717) is 12.0 Å². The Morgan fingerprint density at radius 3 is 2.26 bits per heavy atom. The minimum Gasteiger partial charge on any atom is -0.384 e. The van der Waals surface area contributed by atoms with Crippen molar-refractivity contribution in [1.82, 2.24) is 0 Å². The van der Waals surface area contributed by atoms with E-state index < -0.39 is 6.10 Å². The zero-order chi connectivity index (χ0) is 16.5. The second-order valence-corrected chi connectivity index (χ2v) is 6.61. The van der Waals surface area contributed by atoms with E-state index in [0.717, 1.165) is 24.0 Å². The number of benzene rings is 1. The Bertz CT molecular complexity index is 530. The first-order chi connectivity index (χ1) is 11.2. The fourth-order valence-electron chi connectivity index (χ4n) is 3.31. The van der Waals surface area contributed by atoms with Gasteiger partial charge in [-0.3, -0.25) is 4.79 Å². The minimum absolute atomic E-state index is 0.178. The van der Waals surface area contributed by atoms with Crippen LogP contribution >= 0.6 is 0 Å². The van der Waals surface area contributed by atoms with E-state index in [-0.39, 0.29) is 5.78 Å². The number of rotatable bonds is 11. The lowest BCUT2D eigenvalue weighted by Gasteiger charge is -2.05. The lowest BCUT2D eigenvalue weighted by atomic mass is 9.98. The first-order valence-corrected chi connectivity index (χ1v) is 9.26. The van der Waals surface area contributed by atoms with Crippen LogP contribution in [0.4, 0.5) is 0 Å². The predicted molar refractivity (Wildman–Crippen MR) is 96.2 cm³/mol. The second kappa shape index (κ2) is 9.67. The molecule has 1 aliphatic carbocycles. The Labute approximate surface area is 140 Å². The van der Waals surface area contributed by atoms with Crippen LogP contribution in [0.2, 0.25) is 0 Å². The molecule has 0 radical (unpaired) electrons. The average Bonchev–Trinajstić information content (AvgIpc) is 2.91. The number of aliphatic hydroxyl groups excluding tert-OH is 1. The van der Waals surface area contributed by atoms with E-state index in [1.165, 1.54) is 44.9 Å². The van der Waals surface area contributed by atoms with Crippen LogP contribution in [0.15, 0.2) is 30.3 Å². The summed E-state index contributed by atoms with van der Waals surface area (Å²) in [6.45, 7) is 2.24. The summed E-state index contributed by atoms with van der Waals surface area (Å²) < 4.78 is 0. The van der Waals surface area contributed by atoms with Gasteiger partial charge in [-0.05, 0) is 23.6 Å². The van der Waals surface area contributed by atoms with Gasteiger partial charge in [0.05, 0.1) is 6.10 Å². The Hall–Kier alpha value is -1.41. The SMILES string of the molecule is CCCCCCCCCCCC(=O)C1=CC(O)c2ccccc21. The first kappa shape index (κ1) is 17.9. The van der Waals surface area contributed by atoms with Crippen LogP contribution in [-0.2, 0) is 4.79 Å². The van der Waals surface area contributed by atoms with Gasteiger partial charge in [0.1, 0.15) is 0 Å². The van der Waals surface area contributed by atoms with Crippen LogP contribution in [0.25, 0.3) is 5.57 Å². The smallest absolute Gasteiger partial charge is 0.163 e. The fourth-order valence-corrected chi connectivity index (χ4v) is 3.31. The molecule has 23 heavy (non-hydrogen) atoms. The maximum atomic E-state index is 12.4. The van der Waals surface area contributed by atoms with Crippen LogP contribution in [-0.4, -0.2) is 10.9 Å². The molecule has 2 nitrogen and oxygen atoms in total. The van der Waals surface area contributed by atoms with Crippen molar-refractivity contribution in [3.05, 3.63) is 41.5 Å². The average molecular weight is 314 g/mol. The van der Waals surface area contributed by atoms with Crippen molar-refractivity contribution in [2.24, 2.45) is 0 Å². The van der Waals surface area contributed by atoms with E-state index in [1.54, 1.807) is 6.08 Å².